The number of ether oxygens (including phenoxy) is 2. The quantitative estimate of drug-likeness (QED) is 0.655. The summed E-state index contributed by atoms with van der Waals surface area (Å²) in [6.07, 6.45) is 4.45. The van der Waals surface area contributed by atoms with Gasteiger partial charge in [0, 0.05) is 17.8 Å². The Balaban J connectivity index is 1.92. The largest absolute Gasteiger partial charge is 0.482 e. The molecule has 6 nitrogen and oxygen atoms in total. The third kappa shape index (κ3) is 4.82. The first-order chi connectivity index (χ1) is 10.7. The van der Waals surface area contributed by atoms with Crippen LogP contribution in [0.15, 0.2) is 53.2 Å². The minimum atomic E-state index is -0.476. The maximum atomic E-state index is 11.8. The third-order valence-corrected chi connectivity index (χ3v) is 2.63. The molecule has 0 bridgehead atoms. The monoisotopic (exact) mass is 301 g/mol. The smallest absolute Gasteiger partial charge is 0.343 e. The van der Waals surface area contributed by atoms with E-state index in [9.17, 15) is 9.59 Å². The first kappa shape index (κ1) is 15.4. The van der Waals surface area contributed by atoms with E-state index in [0.29, 0.717) is 17.2 Å². The number of benzene rings is 1. The second-order valence-electron chi connectivity index (χ2n) is 4.23. The van der Waals surface area contributed by atoms with Crippen molar-refractivity contribution in [3.8, 4) is 5.75 Å². The lowest BCUT2D eigenvalue weighted by molar-refractivity contribution is -0.142. The van der Waals surface area contributed by atoms with Crippen LogP contribution in [0.4, 0.5) is 5.69 Å². The maximum absolute atomic E-state index is 11.8. The molecule has 0 atom stereocenters. The third-order valence-electron chi connectivity index (χ3n) is 2.63. The van der Waals surface area contributed by atoms with Crippen molar-refractivity contribution in [2.45, 2.75) is 0 Å². The molecule has 6 heteroatoms. The molecule has 0 aliphatic rings. The van der Waals surface area contributed by atoms with Crippen molar-refractivity contribution >= 4 is 23.6 Å². The summed E-state index contributed by atoms with van der Waals surface area (Å²) in [5.74, 6) is 0.265. The Morgan fingerprint density at radius 2 is 2.14 bits per heavy atom. The SMILES string of the molecule is COC(=O)COc1cccc(NC(=O)/C=C/c2ccco2)c1. The van der Waals surface area contributed by atoms with Crippen LogP contribution in [0.25, 0.3) is 6.08 Å². The van der Waals surface area contributed by atoms with Gasteiger partial charge in [-0.1, -0.05) is 6.07 Å². The Labute approximate surface area is 127 Å². The maximum Gasteiger partial charge on any atom is 0.343 e. The van der Waals surface area contributed by atoms with Crippen LogP contribution in [0.5, 0.6) is 5.75 Å². The van der Waals surface area contributed by atoms with Crippen LogP contribution in [-0.4, -0.2) is 25.6 Å². The molecule has 2 rings (SSSR count). The Morgan fingerprint density at radius 3 is 2.86 bits per heavy atom. The number of carbonyl (C=O) groups excluding carboxylic acids is 2. The number of anilines is 1. The molecule has 22 heavy (non-hydrogen) atoms. The first-order valence-corrected chi connectivity index (χ1v) is 6.49. The minimum absolute atomic E-state index is 0.188. The Bertz CT molecular complexity index is 661. The summed E-state index contributed by atoms with van der Waals surface area (Å²) in [7, 11) is 1.29. The van der Waals surface area contributed by atoms with E-state index >= 15 is 0 Å². The van der Waals surface area contributed by atoms with E-state index < -0.39 is 5.97 Å². The summed E-state index contributed by atoms with van der Waals surface area (Å²) in [6.45, 7) is -0.188. The molecule has 0 fully saturated rings. The average molecular weight is 301 g/mol. The predicted octanol–water partition coefficient (Wildman–Crippen LogP) is 2.48. The second-order valence-corrected chi connectivity index (χ2v) is 4.23. The zero-order valence-corrected chi connectivity index (χ0v) is 11.9. The fraction of sp³-hybridized carbons (Fsp3) is 0.125. The summed E-state index contributed by atoms with van der Waals surface area (Å²) in [5, 5.41) is 2.68. The molecule has 1 aromatic heterocycles. The highest BCUT2D eigenvalue weighted by molar-refractivity contribution is 6.01. The van der Waals surface area contributed by atoms with Crippen molar-refractivity contribution in [2.24, 2.45) is 0 Å². The number of methoxy groups -OCH3 is 1. The van der Waals surface area contributed by atoms with E-state index in [4.69, 9.17) is 9.15 Å². The molecule has 1 N–H and O–H groups in total. The van der Waals surface area contributed by atoms with Crippen LogP contribution in [0, 0.1) is 0 Å². The summed E-state index contributed by atoms with van der Waals surface area (Å²) in [4.78, 5) is 22.8. The van der Waals surface area contributed by atoms with Gasteiger partial charge in [-0.2, -0.15) is 0 Å². The van der Waals surface area contributed by atoms with Gasteiger partial charge >= 0.3 is 5.97 Å². The van der Waals surface area contributed by atoms with Gasteiger partial charge in [-0.3, -0.25) is 4.79 Å². The minimum Gasteiger partial charge on any atom is -0.482 e. The van der Waals surface area contributed by atoms with E-state index in [-0.39, 0.29) is 12.5 Å². The van der Waals surface area contributed by atoms with Crippen molar-refractivity contribution < 1.29 is 23.5 Å². The van der Waals surface area contributed by atoms with Crippen molar-refractivity contribution in [1.82, 2.24) is 0 Å². The van der Waals surface area contributed by atoms with Crippen LogP contribution >= 0.6 is 0 Å². The Kier molecular flexibility index (Phi) is 5.37. The number of furan rings is 1. The molecular weight excluding hydrogens is 286 g/mol. The van der Waals surface area contributed by atoms with Crippen LogP contribution in [-0.2, 0) is 14.3 Å². The lowest BCUT2D eigenvalue weighted by Gasteiger charge is -2.07. The van der Waals surface area contributed by atoms with E-state index in [1.807, 2.05) is 0 Å². The van der Waals surface area contributed by atoms with Gasteiger partial charge in [-0.05, 0) is 30.3 Å². The molecule has 0 aliphatic carbocycles. The molecule has 0 saturated carbocycles. The lowest BCUT2D eigenvalue weighted by Crippen LogP contribution is -2.13. The van der Waals surface area contributed by atoms with Crippen LogP contribution < -0.4 is 10.1 Å². The molecule has 0 radical (unpaired) electrons. The number of carbonyl (C=O) groups is 2. The predicted molar refractivity (Wildman–Crippen MR) is 80.3 cm³/mol. The highest BCUT2D eigenvalue weighted by Gasteiger charge is 2.04. The van der Waals surface area contributed by atoms with E-state index in [0.717, 1.165) is 0 Å². The molecular formula is C16H15NO5. The van der Waals surface area contributed by atoms with Crippen LogP contribution in [0.3, 0.4) is 0 Å². The normalized spacial score (nSPS) is 10.4. The van der Waals surface area contributed by atoms with Gasteiger partial charge in [0.15, 0.2) is 6.61 Å². The van der Waals surface area contributed by atoms with Gasteiger partial charge in [0.1, 0.15) is 11.5 Å². The standard InChI is InChI=1S/C16H15NO5/c1-20-16(19)11-22-14-5-2-4-12(10-14)17-15(18)8-7-13-6-3-9-21-13/h2-10H,11H2,1H3,(H,17,18)/b8-7+. The number of rotatable bonds is 6. The van der Waals surface area contributed by atoms with Crippen LogP contribution in [0.2, 0.25) is 0 Å². The molecule has 2 aromatic rings. The van der Waals surface area contributed by atoms with Crippen molar-refractivity contribution in [3.05, 3.63) is 54.5 Å². The molecule has 1 aromatic carbocycles. The molecule has 0 saturated heterocycles. The van der Waals surface area contributed by atoms with Gasteiger partial charge in [0.05, 0.1) is 13.4 Å². The van der Waals surface area contributed by atoms with E-state index in [1.54, 1.807) is 42.5 Å². The fourth-order valence-corrected chi connectivity index (χ4v) is 1.59. The molecule has 0 spiro atoms. The highest BCUT2D eigenvalue weighted by Crippen LogP contribution is 2.17. The summed E-state index contributed by atoms with van der Waals surface area (Å²) < 4.78 is 14.8. The van der Waals surface area contributed by atoms with Gasteiger partial charge < -0.3 is 19.2 Å². The fourth-order valence-electron chi connectivity index (χ4n) is 1.59. The van der Waals surface area contributed by atoms with Crippen molar-refractivity contribution in [1.29, 1.82) is 0 Å². The first-order valence-electron chi connectivity index (χ1n) is 6.49. The molecule has 1 heterocycles. The Hall–Kier alpha value is -3.02. The number of amides is 1. The summed E-state index contributed by atoms with van der Waals surface area (Å²) >= 11 is 0. The topological polar surface area (TPSA) is 77.8 Å². The van der Waals surface area contributed by atoms with Gasteiger partial charge in [-0.15, -0.1) is 0 Å². The van der Waals surface area contributed by atoms with Crippen molar-refractivity contribution in [2.75, 3.05) is 19.0 Å². The molecule has 0 aliphatic heterocycles. The van der Waals surface area contributed by atoms with Crippen molar-refractivity contribution in [3.63, 3.8) is 0 Å². The number of nitrogens with one attached hydrogen (secondary N) is 1. The molecule has 1 amide bonds. The molecule has 114 valence electrons. The van der Waals surface area contributed by atoms with E-state index in [1.165, 1.54) is 19.4 Å². The van der Waals surface area contributed by atoms with Gasteiger partial charge in [-0.25, -0.2) is 4.79 Å². The number of hydrogen-bond acceptors (Lipinski definition) is 5. The summed E-state index contributed by atoms with van der Waals surface area (Å²) in [5.41, 5.74) is 0.552. The molecule has 0 unspecified atom stereocenters. The average Bonchev–Trinajstić information content (AvgIpc) is 3.04. The highest BCUT2D eigenvalue weighted by atomic mass is 16.6. The summed E-state index contributed by atoms with van der Waals surface area (Å²) in [6, 6.07) is 10.2. The zero-order valence-electron chi connectivity index (χ0n) is 11.9. The number of hydrogen-bond donors (Lipinski definition) is 1. The second kappa shape index (κ2) is 7.68. The lowest BCUT2D eigenvalue weighted by atomic mass is 10.3. The van der Waals surface area contributed by atoms with Crippen LogP contribution in [0.1, 0.15) is 5.76 Å². The zero-order chi connectivity index (χ0) is 15.8. The number of esters is 1. The van der Waals surface area contributed by atoms with Gasteiger partial charge in [0.2, 0.25) is 5.91 Å². The van der Waals surface area contributed by atoms with Gasteiger partial charge in [0.25, 0.3) is 0 Å². The van der Waals surface area contributed by atoms with E-state index in [2.05, 4.69) is 10.1 Å². The Morgan fingerprint density at radius 1 is 1.27 bits per heavy atom.